The highest BCUT2D eigenvalue weighted by molar-refractivity contribution is 7.18. The van der Waals surface area contributed by atoms with Crippen LogP contribution in [0.25, 0.3) is 0 Å². The Balaban J connectivity index is 1.81. The van der Waals surface area contributed by atoms with E-state index in [2.05, 4.69) is 10.5 Å². The minimum absolute atomic E-state index is 0.0335. The highest BCUT2D eigenvalue weighted by atomic mass is 35.5. The summed E-state index contributed by atoms with van der Waals surface area (Å²) in [7, 11) is 0. The molecule has 8 nitrogen and oxygen atoms in total. The van der Waals surface area contributed by atoms with Crippen molar-refractivity contribution in [3.05, 3.63) is 50.6 Å². The maximum absolute atomic E-state index is 14.1. The zero-order chi connectivity index (χ0) is 22.0. The summed E-state index contributed by atoms with van der Waals surface area (Å²) in [6, 6.07) is 4.18. The Hall–Kier alpha value is -2.98. The van der Waals surface area contributed by atoms with Gasteiger partial charge in [0.1, 0.15) is 10.8 Å². The zero-order valence-corrected chi connectivity index (χ0v) is 17.5. The van der Waals surface area contributed by atoms with Crippen LogP contribution in [0.2, 0.25) is 5.02 Å². The molecular weight excluding hydrogens is 437 g/mol. The first-order chi connectivity index (χ1) is 14.2. The number of oxime groups is 1. The number of benzene rings is 1. The van der Waals surface area contributed by atoms with E-state index in [0.717, 1.165) is 11.3 Å². The zero-order valence-electron chi connectivity index (χ0n) is 16.0. The average molecular weight is 454 g/mol. The molecule has 1 aliphatic heterocycles. The second-order valence-corrected chi connectivity index (χ2v) is 7.69. The van der Waals surface area contributed by atoms with Crippen LogP contribution in [0.4, 0.5) is 9.39 Å². The summed E-state index contributed by atoms with van der Waals surface area (Å²) >= 11 is 6.89. The molecule has 2 heterocycles. The number of hydrogen-bond donors (Lipinski definition) is 2. The molecular formula is C19H17ClFN3O5S. The third-order valence-corrected chi connectivity index (χ3v) is 5.84. The Labute approximate surface area is 179 Å². The lowest BCUT2D eigenvalue weighted by molar-refractivity contribution is -0.125. The first kappa shape index (κ1) is 21.7. The van der Waals surface area contributed by atoms with Crippen molar-refractivity contribution in [3.8, 4) is 0 Å². The highest BCUT2D eigenvalue weighted by Gasteiger charge is 2.33. The van der Waals surface area contributed by atoms with Gasteiger partial charge in [0.2, 0.25) is 6.10 Å². The first-order valence-electron chi connectivity index (χ1n) is 8.82. The number of nitrogens with one attached hydrogen (secondary N) is 1. The van der Waals surface area contributed by atoms with Crippen LogP contribution in [-0.2, 0) is 14.4 Å². The Morgan fingerprint density at radius 3 is 2.80 bits per heavy atom. The Morgan fingerprint density at radius 2 is 2.17 bits per heavy atom. The van der Waals surface area contributed by atoms with E-state index in [1.807, 2.05) is 0 Å². The molecule has 0 spiro atoms. The minimum atomic E-state index is -1.08. The molecule has 0 radical (unpaired) electrons. The molecule has 0 bridgehead atoms. The molecule has 1 aromatic carbocycles. The number of carbonyl (C=O) groups excluding carboxylic acids is 3. The second-order valence-electron chi connectivity index (χ2n) is 6.27. The normalized spacial score (nSPS) is 15.3. The van der Waals surface area contributed by atoms with Crippen LogP contribution < -0.4 is 11.1 Å². The van der Waals surface area contributed by atoms with Crippen LogP contribution in [0.1, 0.15) is 44.5 Å². The van der Waals surface area contributed by atoms with E-state index in [9.17, 15) is 18.8 Å². The van der Waals surface area contributed by atoms with Crippen molar-refractivity contribution < 1.29 is 28.3 Å². The molecule has 3 rings (SSSR count). The summed E-state index contributed by atoms with van der Waals surface area (Å²) in [4.78, 5) is 41.9. The number of halogens is 2. The summed E-state index contributed by atoms with van der Waals surface area (Å²) < 4.78 is 19.1. The summed E-state index contributed by atoms with van der Waals surface area (Å²) in [5.41, 5.74) is 5.95. The summed E-state index contributed by atoms with van der Waals surface area (Å²) in [6.45, 7) is 3.28. The van der Waals surface area contributed by atoms with E-state index >= 15 is 0 Å². The number of amides is 2. The lowest BCUT2D eigenvalue weighted by atomic mass is 10.0. The van der Waals surface area contributed by atoms with Gasteiger partial charge < -0.3 is 20.6 Å². The van der Waals surface area contributed by atoms with Crippen molar-refractivity contribution in [1.82, 2.24) is 0 Å². The van der Waals surface area contributed by atoms with Crippen molar-refractivity contribution in [2.24, 2.45) is 10.9 Å². The van der Waals surface area contributed by atoms with Gasteiger partial charge in [-0.3, -0.25) is 9.59 Å². The molecule has 30 heavy (non-hydrogen) atoms. The van der Waals surface area contributed by atoms with Gasteiger partial charge in [-0.05, 0) is 31.5 Å². The van der Waals surface area contributed by atoms with Crippen molar-refractivity contribution in [1.29, 1.82) is 0 Å². The van der Waals surface area contributed by atoms with E-state index in [-0.39, 0.29) is 44.8 Å². The number of nitrogens with two attached hydrogens (primary N) is 1. The van der Waals surface area contributed by atoms with Gasteiger partial charge in [0, 0.05) is 6.42 Å². The number of thiophene rings is 1. The van der Waals surface area contributed by atoms with E-state index in [0.29, 0.717) is 5.56 Å². The number of carbonyl (C=O) groups is 3. The lowest BCUT2D eigenvalue weighted by Gasteiger charge is -2.10. The fourth-order valence-corrected chi connectivity index (χ4v) is 4.24. The van der Waals surface area contributed by atoms with Crippen molar-refractivity contribution in [3.63, 3.8) is 0 Å². The lowest BCUT2D eigenvalue weighted by Crippen LogP contribution is -2.28. The first-order valence-corrected chi connectivity index (χ1v) is 10.0. The van der Waals surface area contributed by atoms with E-state index in [1.54, 1.807) is 6.92 Å². The monoisotopic (exact) mass is 453 g/mol. The quantitative estimate of drug-likeness (QED) is 0.650. The van der Waals surface area contributed by atoms with Crippen LogP contribution in [0, 0.1) is 12.7 Å². The van der Waals surface area contributed by atoms with Crippen LogP contribution in [0.3, 0.4) is 0 Å². The molecule has 1 atom stereocenters. The molecule has 3 N–H and O–H groups in total. The Kier molecular flexibility index (Phi) is 6.37. The number of nitrogens with zero attached hydrogens (tertiary/aromatic N) is 1. The van der Waals surface area contributed by atoms with Gasteiger partial charge in [0.15, 0.2) is 0 Å². The molecule has 2 aromatic rings. The predicted molar refractivity (Wildman–Crippen MR) is 110 cm³/mol. The van der Waals surface area contributed by atoms with Gasteiger partial charge in [0.05, 0.1) is 33.3 Å². The van der Waals surface area contributed by atoms with E-state index in [4.69, 9.17) is 26.9 Å². The van der Waals surface area contributed by atoms with Crippen molar-refractivity contribution in [2.45, 2.75) is 26.4 Å². The standard InChI is InChI=1S/C19H17ClFN3O5S/c1-3-28-19(27)13-8(2)15(16(22)25)30-18(13)23-17(26)12-7-11(24-29-12)14-9(20)5-4-6-10(14)21/h4-6,12H,3,7H2,1-2H3,(H2,22,25)(H,23,26). The third kappa shape index (κ3) is 4.14. The maximum atomic E-state index is 14.1. The largest absolute Gasteiger partial charge is 0.462 e. The van der Waals surface area contributed by atoms with Crippen molar-refractivity contribution in [2.75, 3.05) is 11.9 Å². The minimum Gasteiger partial charge on any atom is -0.462 e. The van der Waals surface area contributed by atoms with Crippen LogP contribution >= 0.6 is 22.9 Å². The fourth-order valence-electron chi connectivity index (χ4n) is 2.92. The highest BCUT2D eigenvalue weighted by Crippen LogP contribution is 2.34. The predicted octanol–water partition coefficient (Wildman–Crippen LogP) is 3.26. The van der Waals surface area contributed by atoms with Crippen LogP contribution in [0.5, 0.6) is 0 Å². The molecule has 0 saturated heterocycles. The molecule has 2 amide bonds. The maximum Gasteiger partial charge on any atom is 0.341 e. The molecule has 11 heteroatoms. The number of hydrogen-bond acceptors (Lipinski definition) is 7. The SMILES string of the molecule is CCOC(=O)c1c(NC(=O)C2CC(c3c(F)cccc3Cl)=NO2)sc(C(N)=O)c1C. The number of ether oxygens (including phenoxy) is 1. The third-order valence-electron chi connectivity index (χ3n) is 4.30. The summed E-state index contributed by atoms with van der Waals surface area (Å²) in [6.07, 6.45) is -1.11. The van der Waals surface area contributed by atoms with E-state index < -0.39 is 29.7 Å². The fraction of sp³-hybridized carbons (Fsp3) is 0.263. The van der Waals surface area contributed by atoms with Gasteiger partial charge in [-0.15, -0.1) is 11.3 Å². The molecule has 0 fully saturated rings. The van der Waals surface area contributed by atoms with Gasteiger partial charge in [-0.1, -0.05) is 22.8 Å². The topological polar surface area (TPSA) is 120 Å². The van der Waals surface area contributed by atoms with Crippen molar-refractivity contribution >= 4 is 51.4 Å². The van der Waals surface area contributed by atoms with Crippen LogP contribution in [-0.4, -0.2) is 36.2 Å². The number of esters is 1. The molecule has 0 saturated carbocycles. The molecule has 1 unspecified atom stereocenters. The second kappa shape index (κ2) is 8.80. The molecule has 1 aliphatic rings. The number of rotatable bonds is 6. The van der Waals surface area contributed by atoms with Crippen LogP contribution in [0.15, 0.2) is 23.4 Å². The van der Waals surface area contributed by atoms with Gasteiger partial charge in [-0.2, -0.15) is 0 Å². The summed E-state index contributed by atoms with van der Waals surface area (Å²) in [5, 5.41) is 6.58. The number of anilines is 1. The van der Waals surface area contributed by atoms with E-state index in [1.165, 1.54) is 25.1 Å². The average Bonchev–Trinajstić information content (AvgIpc) is 3.27. The smallest absolute Gasteiger partial charge is 0.341 e. The number of primary amides is 1. The Morgan fingerprint density at radius 1 is 1.43 bits per heavy atom. The summed E-state index contributed by atoms with van der Waals surface area (Å²) in [5.74, 6) is -2.66. The molecule has 1 aromatic heterocycles. The van der Waals surface area contributed by atoms with Gasteiger partial charge >= 0.3 is 5.97 Å². The van der Waals surface area contributed by atoms with Gasteiger partial charge in [-0.25, -0.2) is 9.18 Å². The Bertz CT molecular complexity index is 1050. The van der Waals surface area contributed by atoms with Gasteiger partial charge in [0.25, 0.3) is 11.8 Å². The molecule has 0 aliphatic carbocycles. The molecule has 158 valence electrons.